The minimum Gasteiger partial charge on any atom is -0.493 e. The third-order valence-electron chi connectivity index (χ3n) is 4.00. The Hall–Kier alpha value is -1.88. The Bertz CT molecular complexity index is 899. The van der Waals surface area contributed by atoms with Crippen LogP contribution in [0.15, 0.2) is 65.1 Å². The SMILES string of the molecule is COc1ccc(Br)c(CNc2ccc(Cl)cc2)c1OCc1ccc(Cl)cc1. The Kier molecular flexibility index (Phi) is 6.89. The van der Waals surface area contributed by atoms with Crippen LogP contribution in [0.3, 0.4) is 0 Å². The fraction of sp³-hybridized carbons (Fsp3) is 0.143. The highest BCUT2D eigenvalue weighted by Gasteiger charge is 2.15. The predicted molar refractivity (Wildman–Crippen MR) is 115 cm³/mol. The fourth-order valence-corrected chi connectivity index (χ4v) is 3.26. The molecular formula is C21H18BrCl2NO2. The molecule has 0 aliphatic carbocycles. The largest absolute Gasteiger partial charge is 0.493 e. The first-order valence-electron chi connectivity index (χ1n) is 8.29. The molecule has 3 aromatic carbocycles. The molecule has 0 spiro atoms. The van der Waals surface area contributed by atoms with Crippen LogP contribution in [0.25, 0.3) is 0 Å². The van der Waals surface area contributed by atoms with Crippen molar-refractivity contribution in [2.75, 3.05) is 12.4 Å². The molecule has 0 saturated carbocycles. The van der Waals surface area contributed by atoms with Gasteiger partial charge in [-0.3, -0.25) is 0 Å². The predicted octanol–water partition coefficient (Wildman–Crippen LogP) is 6.96. The fourth-order valence-electron chi connectivity index (χ4n) is 2.56. The van der Waals surface area contributed by atoms with Crippen molar-refractivity contribution in [3.8, 4) is 11.5 Å². The Balaban J connectivity index is 1.81. The van der Waals surface area contributed by atoms with Gasteiger partial charge in [0.15, 0.2) is 11.5 Å². The first-order valence-corrected chi connectivity index (χ1v) is 9.84. The topological polar surface area (TPSA) is 30.5 Å². The van der Waals surface area contributed by atoms with E-state index in [2.05, 4.69) is 21.2 Å². The summed E-state index contributed by atoms with van der Waals surface area (Å²) in [6, 6.07) is 19.0. The van der Waals surface area contributed by atoms with Gasteiger partial charge in [-0.1, -0.05) is 51.3 Å². The van der Waals surface area contributed by atoms with Gasteiger partial charge >= 0.3 is 0 Å². The number of hydrogen-bond acceptors (Lipinski definition) is 3. The van der Waals surface area contributed by atoms with Crippen molar-refractivity contribution in [2.24, 2.45) is 0 Å². The Labute approximate surface area is 177 Å². The van der Waals surface area contributed by atoms with Gasteiger partial charge in [-0.05, 0) is 54.1 Å². The highest BCUT2D eigenvalue weighted by atomic mass is 79.9. The Morgan fingerprint density at radius 3 is 2.15 bits per heavy atom. The lowest BCUT2D eigenvalue weighted by atomic mass is 10.1. The molecule has 0 atom stereocenters. The second-order valence-electron chi connectivity index (χ2n) is 5.83. The number of nitrogens with one attached hydrogen (secondary N) is 1. The number of benzene rings is 3. The first-order chi connectivity index (χ1) is 13.1. The average molecular weight is 467 g/mol. The number of hydrogen-bond donors (Lipinski definition) is 1. The summed E-state index contributed by atoms with van der Waals surface area (Å²) in [4.78, 5) is 0. The number of ether oxygens (including phenoxy) is 2. The first kappa shape index (κ1) is 19.9. The summed E-state index contributed by atoms with van der Waals surface area (Å²) in [5, 5.41) is 4.79. The van der Waals surface area contributed by atoms with Crippen molar-refractivity contribution in [1.29, 1.82) is 0 Å². The van der Waals surface area contributed by atoms with Crippen LogP contribution < -0.4 is 14.8 Å². The van der Waals surface area contributed by atoms with Gasteiger partial charge in [0.25, 0.3) is 0 Å². The number of methoxy groups -OCH3 is 1. The van der Waals surface area contributed by atoms with Gasteiger partial charge in [0, 0.05) is 32.3 Å². The molecule has 0 aliphatic rings. The zero-order valence-corrected chi connectivity index (χ0v) is 17.7. The molecule has 0 fully saturated rings. The lowest BCUT2D eigenvalue weighted by Gasteiger charge is -2.18. The van der Waals surface area contributed by atoms with Gasteiger partial charge in [-0.25, -0.2) is 0 Å². The number of rotatable bonds is 7. The monoisotopic (exact) mass is 465 g/mol. The number of anilines is 1. The van der Waals surface area contributed by atoms with Crippen molar-refractivity contribution in [1.82, 2.24) is 0 Å². The molecule has 6 heteroatoms. The van der Waals surface area contributed by atoms with E-state index >= 15 is 0 Å². The van der Waals surface area contributed by atoms with Crippen LogP contribution in [-0.4, -0.2) is 7.11 Å². The zero-order valence-electron chi connectivity index (χ0n) is 14.6. The van der Waals surface area contributed by atoms with Crippen LogP contribution in [0.5, 0.6) is 11.5 Å². The molecule has 3 rings (SSSR count). The maximum atomic E-state index is 6.11. The van der Waals surface area contributed by atoms with Crippen LogP contribution in [0, 0.1) is 0 Å². The molecule has 0 amide bonds. The third kappa shape index (κ3) is 5.32. The molecule has 0 aliphatic heterocycles. The second-order valence-corrected chi connectivity index (χ2v) is 7.56. The van der Waals surface area contributed by atoms with Crippen LogP contribution in [0.2, 0.25) is 10.0 Å². The van der Waals surface area contributed by atoms with Crippen LogP contribution >= 0.6 is 39.1 Å². The molecule has 140 valence electrons. The highest BCUT2D eigenvalue weighted by molar-refractivity contribution is 9.10. The van der Waals surface area contributed by atoms with Gasteiger partial charge in [0.1, 0.15) is 6.61 Å². The Morgan fingerprint density at radius 1 is 0.889 bits per heavy atom. The molecule has 0 heterocycles. The van der Waals surface area contributed by atoms with Gasteiger partial charge < -0.3 is 14.8 Å². The summed E-state index contributed by atoms with van der Waals surface area (Å²) >= 11 is 15.5. The molecule has 27 heavy (non-hydrogen) atoms. The summed E-state index contributed by atoms with van der Waals surface area (Å²) in [5.74, 6) is 1.38. The molecule has 3 nitrogen and oxygen atoms in total. The summed E-state index contributed by atoms with van der Waals surface area (Å²) in [6.07, 6.45) is 0. The summed E-state index contributed by atoms with van der Waals surface area (Å²) in [6.45, 7) is 0.979. The maximum absolute atomic E-state index is 6.11. The van der Waals surface area contributed by atoms with Crippen LogP contribution in [-0.2, 0) is 13.2 Å². The van der Waals surface area contributed by atoms with Crippen molar-refractivity contribution in [3.05, 3.63) is 86.3 Å². The zero-order chi connectivity index (χ0) is 19.2. The van der Waals surface area contributed by atoms with Crippen molar-refractivity contribution in [3.63, 3.8) is 0 Å². The van der Waals surface area contributed by atoms with E-state index in [0.717, 1.165) is 21.3 Å². The smallest absolute Gasteiger partial charge is 0.167 e. The summed E-state index contributed by atoms with van der Waals surface area (Å²) in [7, 11) is 1.63. The molecule has 0 saturated heterocycles. The van der Waals surface area contributed by atoms with E-state index in [9.17, 15) is 0 Å². The van der Waals surface area contributed by atoms with Gasteiger partial charge in [-0.2, -0.15) is 0 Å². The van der Waals surface area contributed by atoms with Gasteiger partial charge in [0.2, 0.25) is 0 Å². The summed E-state index contributed by atoms with van der Waals surface area (Å²) < 4.78 is 12.6. The van der Waals surface area contributed by atoms with E-state index in [1.807, 2.05) is 60.7 Å². The molecule has 0 unspecified atom stereocenters. The molecule has 0 aromatic heterocycles. The average Bonchev–Trinajstić information content (AvgIpc) is 2.68. The molecule has 3 aromatic rings. The van der Waals surface area contributed by atoms with Crippen molar-refractivity contribution >= 4 is 44.8 Å². The molecule has 0 radical (unpaired) electrons. The van der Waals surface area contributed by atoms with Crippen molar-refractivity contribution in [2.45, 2.75) is 13.2 Å². The minimum absolute atomic E-state index is 0.415. The number of halogens is 3. The van der Waals surface area contributed by atoms with Crippen LogP contribution in [0.1, 0.15) is 11.1 Å². The van der Waals surface area contributed by atoms with Crippen LogP contribution in [0.4, 0.5) is 5.69 Å². The standard InChI is InChI=1S/C21H18BrCl2NO2/c1-26-20-11-10-19(22)18(12-25-17-8-6-16(24)7-9-17)21(20)27-13-14-2-4-15(23)5-3-14/h2-11,25H,12-13H2,1H3. The van der Waals surface area contributed by atoms with Gasteiger partial charge in [0.05, 0.1) is 7.11 Å². The molecular weight excluding hydrogens is 449 g/mol. The molecule has 1 N–H and O–H groups in total. The van der Waals surface area contributed by atoms with Gasteiger partial charge in [-0.15, -0.1) is 0 Å². The van der Waals surface area contributed by atoms with Crippen molar-refractivity contribution < 1.29 is 9.47 Å². The van der Waals surface area contributed by atoms with E-state index < -0.39 is 0 Å². The Morgan fingerprint density at radius 2 is 1.52 bits per heavy atom. The van der Waals surface area contributed by atoms with E-state index in [-0.39, 0.29) is 0 Å². The second kappa shape index (κ2) is 9.36. The highest BCUT2D eigenvalue weighted by Crippen LogP contribution is 2.37. The minimum atomic E-state index is 0.415. The normalized spacial score (nSPS) is 10.5. The maximum Gasteiger partial charge on any atom is 0.167 e. The van der Waals surface area contributed by atoms with E-state index in [1.54, 1.807) is 7.11 Å². The van der Waals surface area contributed by atoms with E-state index in [1.165, 1.54) is 0 Å². The lowest BCUT2D eigenvalue weighted by molar-refractivity contribution is 0.281. The van der Waals surface area contributed by atoms with E-state index in [4.69, 9.17) is 32.7 Å². The molecule has 0 bridgehead atoms. The van der Waals surface area contributed by atoms with E-state index in [0.29, 0.717) is 34.7 Å². The quantitative estimate of drug-likeness (QED) is 0.408. The summed E-state index contributed by atoms with van der Waals surface area (Å²) in [5.41, 5.74) is 2.97. The lowest BCUT2D eigenvalue weighted by Crippen LogP contribution is -2.06. The third-order valence-corrected chi connectivity index (χ3v) is 5.24.